The van der Waals surface area contributed by atoms with Crippen molar-refractivity contribution in [1.29, 1.82) is 0 Å². The molecule has 0 bridgehead atoms. The summed E-state index contributed by atoms with van der Waals surface area (Å²) in [6.07, 6.45) is 3.45. The summed E-state index contributed by atoms with van der Waals surface area (Å²) in [5.74, 6) is 0.892. The third-order valence-electron chi connectivity index (χ3n) is 4.72. The Labute approximate surface area is 176 Å². The maximum absolute atomic E-state index is 12.4. The molecule has 1 aromatic carbocycles. The number of fused-ring (bicyclic) bond motifs is 3. The zero-order chi connectivity index (χ0) is 21.7. The Bertz CT molecular complexity index is 1020. The lowest BCUT2D eigenvalue weighted by atomic mass is 10.2. The summed E-state index contributed by atoms with van der Waals surface area (Å²) in [6, 6.07) is 7.56. The van der Waals surface area contributed by atoms with E-state index in [1.807, 2.05) is 45.0 Å². The minimum Gasteiger partial charge on any atom is -0.618 e. The van der Waals surface area contributed by atoms with E-state index < -0.39 is 11.7 Å². The summed E-state index contributed by atoms with van der Waals surface area (Å²) in [5.41, 5.74) is 1.76. The number of benzene rings is 1. The second kappa shape index (κ2) is 9.30. The molecule has 3 aromatic rings. The Kier molecular flexibility index (Phi) is 6.77. The Balaban J connectivity index is 1.76. The van der Waals surface area contributed by atoms with Crippen molar-refractivity contribution in [2.75, 3.05) is 20.3 Å². The van der Waals surface area contributed by atoms with E-state index in [9.17, 15) is 10.0 Å². The lowest BCUT2D eigenvalue weighted by molar-refractivity contribution is -0.575. The fourth-order valence-electron chi connectivity index (χ4n) is 3.46. The molecule has 1 amide bonds. The molecule has 0 saturated heterocycles. The van der Waals surface area contributed by atoms with E-state index in [2.05, 4.69) is 9.88 Å². The highest BCUT2D eigenvalue weighted by atomic mass is 16.6. The number of rotatable bonds is 8. The predicted octanol–water partition coefficient (Wildman–Crippen LogP) is 3.32. The predicted molar refractivity (Wildman–Crippen MR) is 115 cm³/mol. The Hall–Kier alpha value is -2.87. The van der Waals surface area contributed by atoms with Gasteiger partial charge in [0.15, 0.2) is 5.52 Å². The first-order chi connectivity index (χ1) is 14.3. The van der Waals surface area contributed by atoms with Gasteiger partial charge in [0.25, 0.3) is 0 Å². The summed E-state index contributed by atoms with van der Waals surface area (Å²) >= 11 is 0. The average Bonchev–Trinajstić information content (AvgIpc) is 3.02. The maximum Gasteiger partial charge on any atom is 0.407 e. The molecule has 0 unspecified atom stereocenters. The number of hydrogen-bond acceptors (Lipinski definition) is 5. The number of alkyl carbamates (subject to hydrolysis) is 1. The summed E-state index contributed by atoms with van der Waals surface area (Å²) in [7, 11) is 1.66. The van der Waals surface area contributed by atoms with Gasteiger partial charge >= 0.3 is 6.09 Å². The first-order valence-corrected chi connectivity index (χ1v) is 10.3. The number of methoxy groups -OCH3 is 1. The fourth-order valence-corrected chi connectivity index (χ4v) is 3.46. The van der Waals surface area contributed by atoms with Gasteiger partial charge in [-0.2, -0.15) is 4.73 Å². The van der Waals surface area contributed by atoms with Crippen LogP contribution >= 0.6 is 0 Å². The van der Waals surface area contributed by atoms with Crippen LogP contribution in [-0.2, 0) is 22.4 Å². The van der Waals surface area contributed by atoms with Crippen molar-refractivity contribution in [1.82, 2.24) is 14.9 Å². The second-order valence-electron chi connectivity index (χ2n) is 8.26. The molecule has 1 N–H and O–H groups in total. The maximum atomic E-state index is 12.4. The number of aromatic nitrogens is 3. The van der Waals surface area contributed by atoms with Crippen LogP contribution in [0.2, 0.25) is 0 Å². The monoisotopic (exact) mass is 414 g/mol. The van der Waals surface area contributed by atoms with Gasteiger partial charge in [0.2, 0.25) is 11.7 Å². The topological polar surface area (TPSA) is 92.3 Å². The van der Waals surface area contributed by atoms with E-state index in [1.165, 1.54) is 6.20 Å². The number of amides is 1. The Morgan fingerprint density at radius 1 is 1.27 bits per heavy atom. The highest BCUT2D eigenvalue weighted by molar-refractivity contribution is 6.00. The molecule has 0 fully saturated rings. The zero-order valence-corrected chi connectivity index (χ0v) is 18.1. The standard InChI is InChI=1S/C22H30N4O4/c1-22(2,3)30-21(27)23-12-7-8-13-25-19(11-14-29-4)24-17-15-26(28)18-10-6-5-9-16(18)20(17)25/h5-6,9-10,15H,7-8,11-14H2,1-4H3,(H,23,27). The summed E-state index contributed by atoms with van der Waals surface area (Å²) in [5, 5.41) is 16.1. The average molecular weight is 415 g/mol. The van der Waals surface area contributed by atoms with E-state index in [-0.39, 0.29) is 0 Å². The summed E-state index contributed by atoms with van der Waals surface area (Å²) < 4.78 is 13.5. The van der Waals surface area contributed by atoms with Crippen LogP contribution in [0.3, 0.4) is 0 Å². The van der Waals surface area contributed by atoms with E-state index >= 15 is 0 Å². The molecule has 2 heterocycles. The number of ether oxygens (including phenoxy) is 2. The zero-order valence-electron chi connectivity index (χ0n) is 18.1. The molecule has 8 heteroatoms. The van der Waals surface area contributed by atoms with Crippen LogP contribution in [0, 0.1) is 5.21 Å². The van der Waals surface area contributed by atoms with E-state index in [1.54, 1.807) is 7.11 Å². The number of carbonyl (C=O) groups excluding carboxylic acids is 1. The number of aryl methyl sites for hydroxylation is 1. The van der Waals surface area contributed by atoms with E-state index in [0.717, 1.165) is 40.8 Å². The van der Waals surface area contributed by atoms with Gasteiger partial charge in [-0.05, 0) is 39.7 Å². The molecular formula is C22H30N4O4. The van der Waals surface area contributed by atoms with Gasteiger partial charge < -0.3 is 24.6 Å². The molecule has 162 valence electrons. The number of para-hydroxylation sites is 1. The van der Waals surface area contributed by atoms with Crippen molar-refractivity contribution in [3.63, 3.8) is 0 Å². The van der Waals surface area contributed by atoms with Crippen LogP contribution in [0.25, 0.3) is 21.9 Å². The van der Waals surface area contributed by atoms with Crippen LogP contribution in [0.4, 0.5) is 4.79 Å². The molecule has 30 heavy (non-hydrogen) atoms. The molecule has 8 nitrogen and oxygen atoms in total. The van der Waals surface area contributed by atoms with Gasteiger partial charge in [-0.15, -0.1) is 0 Å². The van der Waals surface area contributed by atoms with Crippen molar-refractivity contribution in [2.24, 2.45) is 0 Å². The molecule has 2 aromatic heterocycles. The molecule has 0 atom stereocenters. The van der Waals surface area contributed by atoms with Crippen molar-refractivity contribution < 1.29 is 19.0 Å². The third kappa shape index (κ3) is 5.18. The third-order valence-corrected chi connectivity index (χ3v) is 4.72. The quantitative estimate of drug-likeness (QED) is 0.347. The van der Waals surface area contributed by atoms with Crippen LogP contribution in [0.1, 0.15) is 39.4 Å². The van der Waals surface area contributed by atoms with Gasteiger partial charge in [0, 0.05) is 32.7 Å². The Morgan fingerprint density at radius 2 is 2.03 bits per heavy atom. The highest BCUT2D eigenvalue weighted by Crippen LogP contribution is 2.24. The summed E-state index contributed by atoms with van der Waals surface area (Å²) in [6.45, 7) is 7.35. The number of pyridine rings is 1. The van der Waals surface area contributed by atoms with Crippen molar-refractivity contribution in [3.8, 4) is 0 Å². The van der Waals surface area contributed by atoms with Crippen molar-refractivity contribution in [2.45, 2.75) is 52.2 Å². The summed E-state index contributed by atoms with van der Waals surface area (Å²) in [4.78, 5) is 16.5. The number of nitrogens with one attached hydrogen (secondary N) is 1. The number of unbranched alkanes of at least 4 members (excludes halogenated alkanes) is 1. The van der Waals surface area contributed by atoms with Gasteiger partial charge in [0.05, 0.1) is 17.5 Å². The SMILES string of the molecule is COCCc1nc2c[n+]([O-])c3ccccc3c2n1CCCCNC(=O)OC(C)(C)C. The largest absolute Gasteiger partial charge is 0.618 e. The van der Waals surface area contributed by atoms with Gasteiger partial charge in [-0.3, -0.25) is 0 Å². The van der Waals surface area contributed by atoms with E-state index in [0.29, 0.717) is 30.6 Å². The highest BCUT2D eigenvalue weighted by Gasteiger charge is 2.18. The van der Waals surface area contributed by atoms with Crippen molar-refractivity contribution >= 4 is 28.0 Å². The fraction of sp³-hybridized carbons (Fsp3) is 0.500. The van der Waals surface area contributed by atoms with Crippen molar-refractivity contribution in [3.05, 3.63) is 41.5 Å². The molecule has 0 radical (unpaired) electrons. The molecule has 0 aliphatic heterocycles. The Morgan fingerprint density at radius 3 is 2.77 bits per heavy atom. The van der Waals surface area contributed by atoms with Gasteiger partial charge in [-0.1, -0.05) is 12.1 Å². The van der Waals surface area contributed by atoms with Crippen LogP contribution < -0.4 is 10.0 Å². The lowest BCUT2D eigenvalue weighted by Crippen LogP contribution is -2.33. The molecule has 0 aliphatic carbocycles. The minimum atomic E-state index is -0.504. The molecule has 0 saturated carbocycles. The molecule has 0 spiro atoms. The van der Waals surface area contributed by atoms with Gasteiger partial charge in [0.1, 0.15) is 11.4 Å². The molecule has 3 rings (SSSR count). The van der Waals surface area contributed by atoms with Gasteiger partial charge in [-0.25, -0.2) is 9.78 Å². The number of hydrogen-bond donors (Lipinski definition) is 1. The van der Waals surface area contributed by atoms with E-state index in [4.69, 9.17) is 14.5 Å². The number of imidazole rings is 1. The minimum absolute atomic E-state index is 0.401. The van der Waals surface area contributed by atoms with Crippen LogP contribution in [-0.4, -0.2) is 41.5 Å². The molecule has 0 aliphatic rings. The normalized spacial score (nSPS) is 11.9. The van der Waals surface area contributed by atoms with Crippen LogP contribution in [0.5, 0.6) is 0 Å². The molecular weight excluding hydrogens is 384 g/mol. The smallest absolute Gasteiger partial charge is 0.407 e. The number of carbonyl (C=O) groups is 1. The number of nitrogens with zero attached hydrogens (tertiary/aromatic N) is 3. The second-order valence-corrected chi connectivity index (χ2v) is 8.26. The first kappa shape index (κ1) is 21.8. The lowest BCUT2D eigenvalue weighted by Gasteiger charge is -2.19. The van der Waals surface area contributed by atoms with Crippen LogP contribution in [0.15, 0.2) is 30.5 Å². The first-order valence-electron chi connectivity index (χ1n) is 10.3.